The molecule has 0 aliphatic carbocycles. The zero-order valence-corrected chi connectivity index (χ0v) is 42.5. The van der Waals surface area contributed by atoms with Gasteiger partial charge in [0.05, 0.1) is 0 Å². The molecular weight excluding hydrogens is 882 g/mol. The Labute approximate surface area is 328 Å². The molecule has 1 fully saturated rings. The van der Waals surface area contributed by atoms with Crippen LogP contribution in [0.4, 0.5) is 0 Å². The fourth-order valence-electron chi connectivity index (χ4n) is 9.17. The van der Waals surface area contributed by atoms with Crippen LogP contribution in [0.1, 0.15) is 22.3 Å². The molecule has 0 amide bonds. The average Bonchev–Trinajstić information content (AvgIpc) is 3.01. The molecule has 5 rings (SSSR count). The van der Waals surface area contributed by atoms with E-state index in [1.54, 1.807) is 14.3 Å². The van der Waals surface area contributed by atoms with Gasteiger partial charge in [0.1, 0.15) is 0 Å². The molecule has 0 radical (unpaired) electrons. The summed E-state index contributed by atoms with van der Waals surface area (Å²) in [6.45, 7) is 19.9. The van der Waals surface area contributed by atoms with Gasteiger partial charge in [-0.1, -0.05) is 0 Å². The predicted molar refractivity (Wildman–Crippen MR) is 236 cm³/mol. The van der Waals surface area contributed by atoms with Gasteiger partial charge in [-0.05, 0) is 0 Å². The van der Waals surface area contributed by atoms with Crippen molar-refractivity contribution in [1.82, 2.24) is 21.6 Å². The summed E-state index contributed by atoms with van der Waals surface area (Å²) in [5.41, 5.74) is 6.05. The van der Waals surface area contributed by atoms with E-state index in [0.717, 1.165) is 26.2 Å². The molecule has 1 aliphatic rings. The van der Waals surface area contributed by atoms with Crippen LogP contribution in [0.25, 0.3) is 0 Å². The van der Waals surface area contributed by atoms with Gasteiger partial charge in [0.25, 0.3) is 0 Å². The van der Waals surface area contributed by atoms with E-state index < -0.39 is 54.3 Å². The second kappa shape index (κ2) is 16.4. The Balaban J connectivity index is 2.11. The van der Waals surface area contributed by atoms with Gasteiger partial charge in [-0.25, -0.2) is 0 Å². The van der Waals surface area contributed by atoms with Crippen molar-refractivity contribution in [2.75, 3.05) is 56.4 Å². The zero-order valence-electron chi connectivity index (χ0n) is 34.7. The summed E-state index contributed by atoms with van der Waals surface area (Å²) in [6, 6.07) is 38.8. The van der Waals surface area contributed by atoms with E-state index in [2.05, 4.69) is 214 Å². The second-order valence-corrected chi connectivity index (χ2v) is 58.8. The normalized spacial score (nSPS) is 16.7. The van der Waals surface area contributed by atoms with Gasteiger partial charge >= 0.3 is 331 Å². The van der Waals surface area contributed by atoms with Crippen molar-refractivity contribution in [3.8, 4) is 0 Å². The van der Waals surface area contributed by atoms with E-state index in [9.17, 15) is 0 Å². The molecule has 4 aromatic rings. The molecule has 0 spiro atoms. The molecule has 10 heteroatoms. The second-order valence-electron chi connectivity index (χ2n) is 17.9. The SMILES string of the molecule is CN(C)Cc1cccc[c]1[Sn]1([c]2ccccc2CN(C)C)[N]([Si](C)(C)C)[Sn]([c]2ccccc2CN(C)C)([c]2ccccc2CN(C)C)[N]1[Si](C)(C)C. The monoisotopic (exact) mass is 950 g/mol. The molecule has 1 aliphatic heterocycles. The van der Waals surface area contributed by atoms with E-state index in [1.807, 2.05) is 0 Å². The number of nitrogens with zero attached hydrogens (tertiary/aromatic N) is 6. The van der Waals surface area contributed by atoms with Gasteiger partial charge in [0.2, 0.25) is 0 Å². The summed E-state index contributed by atoms with van der Waals surface area (Å²) in [5.74, 6) is 0. The van der Waals surface area contributed by atoms with Crippen LogP contribution in [0.3, 0.4) is 0 Å². The summed E-state index contributed by atoms with van der Waals surface area (Å²) >= 11 is -8.24. The summed E-state index contributed by atoms with van der Waals surface area (Å²) in [7, 11) is 13.7. The van der Waals surface area contributed by atoms with Gasteiger partial charge in [-0.3, -0.25) is 0 Å². The first kappa shape index (κ1) is 41.8. The van der Waals surface area contributed by atoms with Crippen LogP contribution < -0.4 is 14.3 Å². The third kappa shape index (κ3) is 7.85. The van der Waals surface area contributed by atoms with Crippen LogP contribution in [0, 0.1) is 0 Å². The first-order valence-corrected chi connectivity index (χ1v) is 36.6. The van der Waals surface area contributed by atoms with Crippen LogP contribution >= 0.6 is 0 Å². The molecule has 1 heterocycles. The van der Waals surface area contributed by atoms with Crippen LogP contribution in [-0.4, -0.2) is 132 Å². The van der Waals surface area contributed by atoms with Crippen molar-refractivity contribution in [3.05, 3.63) is 119 Å². The standard InChI is InChI=1S/4C9H12N.2C3H9NSi.2Sn/c4*1-10(2)8-9-6-4-3-5-7-9;2*1-5(2,3)4;;/h4*3-6H,8H2,1-2H3;2*1-3H3;;. The topological polar surface area (TPSA) is 19.4 Å². The molecule has 6 nitrogen and oxygen atoms in total. The molecule has 0 unspecified atom stereocenters. The van der Waals surface area contributed by atoms with Gasteiger partial charge in [0, 0.05) is 0 Å². The molecule has 280 valence electrons. The van der Waals surface area contributed by atoms with Gasteiger partial charge in [-0.2, -0.15) is 0 Å². The Kier molecular flexibility index (Phi) is 13.2. The Morgan fingerprint density at radius 2 is 0.558 bits per heavy atom. The van der Waals surface area contributed by atoms with Crippen molar-refractivity contribution in [2.45, 2.75) is 65.5 Å². The molecule has 4 aromatic carbocycles. The zero-order chi connectivity index (χ0) is 38.2. The molecule has 0 aromatic heterocycles. The number of rotatable bonds is 14. The Hall–Kier alpha value is -1.33. The molecule has 0 atom stereocenters. The Bertz CT molecular complexity index is 1580. The van der Waals surface area contributed by atoms with E-state index >= 15 is 0 Å². The van der Waals surface area contributed by atoms with E-state index in [0.29, 0.717) is 0 Å². The summed E-state index contributed by atoms with van der Waals surface area (Å²) in [4.78, 5) is 9.54. The third-order valence-electron chi connectivity index (χ3n) is 10.2. The summed E-state index contributed by atoms with van der Waals surface area (Å²) in [6.07, 6.45) is 0. The van der Waals surface area contributed by atoms with Gasteiger partial charge < -0.3 is 0 Å². The van der Waals surface area contributed by atoms with Gasteiger partial charge in [0.15, 0.2) is 0 Å². The first-order chi connectivity index (χ1) is 24.4. The third-order valence-corrected chi connectivity index (χ3v) is 90.8. The minimum absolute atomic E-state index is 0.945. The van der Waals surface area contributed by atoms with Crippen LogP contribution in [-0.2, 0) is 26.2 Å². The molecular formula is C42H66N6Si2Sn2. The molecule has 1 saturated heterocycles. The van der Waals surface area contributed by atoms with E-state index in [-0.39, 0.29) is 0 Å². The molecule has 52 heavy (non-hydrogen) atoms. The minimum atomic E-state index is -4.12. The van der Waals surface area contributed by atoms with Crippen molar-refractivity contribution < 1.29 is 0 Å². The number of benzene rings is 4. The fourth-order valence-corrected chi connectivity index (χ4v) is 126. The molecule has 0 saturated carbocycles. The van der Waals surface area contributed by atoms with Crippen LogP contribution in [0.2, 0.25) is 39.3 Å². The number of hydrogen-bond acceptors (Lipinski definition) is 6. The quantitative estimate of drug-likeness (QED) is 0.164. The summed E-state index contributed by atoms with van der Waals surface area (Å²) < 4.78 is 13.7. The van der Waals surface area contributed by atoms with E-state index in [4.69, 9.17) is 0 Å². The van der Waals surface area contributed by atoms with Crippen LogP contribution in [0.15, 0.2) is 97.1 Å². The molecule has 0 bridgehead atoms. The van der Waals surface area contributed by atoms with Gasteiger partial charge in [-0.15, -0.1) is 0 Å². The first-order valence-electron chi connectivity index (χ1n) is 18.9. The van der Waals surface area contributed by atoms with Crippen molar-refractivity contribution in [1.29, 1.82) is 0 Å². The fraction of sp³-hybridized carbons (Fsp3) is 0.429. The predicted octanol–water partition coefficient (Wildman–Crippen LogP) is 5.03. The average molecular weight is 949 g/mol. The number of hydrogen-bond donors (Lipinski definition) is 0. The van der Waals surface area contributed by atoms with Crippen molar-refractivity contribution in [3.63, 3.8) is 0 Å². The maximum absolute atomic E-state index is 4.12. The van der Waals surface area contributed by atoms with Crippen LogP contribution in [0.5, 0.6) is 0 Å². The maximum atomic E-state index is 3.51. The molecule has 0 N–H and O–H groups in total. The Morgan fingerprint density at radius 3 is 0.731 bits per heavy atom. The van der Waals surface area contributed by atoms with Crippen molar-refractivity contribution >= 4 is 68.6 Å². The Morgan fingerprint density at radius 1 is 0.365 bits per heavy atom. The van der Waals surface area contributed by atoms with Crippen molar-refractivity contribution in [2.24, 2.45) is 0 Å². The summed E-state index contributed by atoms with van der Waals surface area (Å²) in [5, 5.41) is 0. The van der Waals surface area contributed by atoms with E-state index in [1.165, 1.54) is 22.3 Å².